The molecule has 2 aromatic rings. The van der Waals surface area contributed by atoms with Crippen LogP contribution in [0.3, 0.4) is 0 Å². The maximum atomic E-state index is 12.9. The van der Waals surface area contributed by atoms with Gasteiger partial charge in [0.2, 0.25) is 0 Å². The van der Waals surface area contributed by atoms with Gasteiger partial charge in [-0.15, -0.1) is 11.3 Å². The molecule has 1 saturated heterocycles. The van der Waals surface area contributed by atoms with Crippen molar-refractivity contribution in [2.24, 2.45) is 0 Å². The molecule has 7 heteroatoms. The average Bonchev–Trinajstić information content (AvgIpc) is 3.18. The van der Waals surface area contributed by atoms with Gasteiger partial charge in [-0.05, 0) is 49.6 Å². The molecule has 0 aliphatic carbocycles. The van der Waals surface area contributed by atoms with Gasteiger partial charge in [0.15, 0.2) is 11.4 Å². The molecule has 1 aliphatic rings. The number of ketones is 1. The van der Waals surface area contributed by atoms with E-state index in [0.717, 1.165) is 4.88 Å². The number of hydrogen-bond donors (Lipinski definition) is 0. The van der Waals surface area contributed by atoms with Gasteiger partial charge in [-0.2, -0.15) is 0 Å². The molecule has 0 unspecified atom stereocenters. The number of carbonyl (C=O) groups is 2. The molecule has 0 radical (unpaired) electrons. The van der Waals surface area contributed by atoms with Crippen molar-refractivity contribution in [1.29, 1.82) is 0 Å². The van der Waals surface area contributed by atoms with Crippen molar-refractivity contribution in [3.63, 3.8) is 0 Å². The molecule has 0 bridgehead atoms. The molecule has 1 fully saturated rings. The van der Waals surface area contributed by atoms with Gasteiger partial charge in [0.25, 0.3) is 5.91 Å². The number of amides is 1. The molecule has 1 amide bonds. The normalized spacial score (nSPS) is 15.6. The Morgan fingerprint density at radius 1 is 1.11 bits per heavy atom. The standard InChI is InChI=1S/C20H23ClN2O3S/c1-20(2,26-16-7-5-15(21)6-8-16)19(25)23-11-9-22(10-12-23)14-17(24)18-4-3-13-27-18/h3-8,13H,9-12,14H2,1-2H3. The fraction of sp³-hybridized carbons (Fsp3) is 0.400. The zero-order valence-electron chi connectivity index (χ0n) is 15.5. The van der Waals surface area contributed by atoms with Crippen LogP contribution in [0.4, 0.5) is 0 Å². The summed E-state index contributed by atoms with van der Waals surface area (Å²) in [6.07, 6.45) is 0. The molecule has 0 atom stereocenters. The quantitative estimate of drug-likeness (QED) is 0.688. The minimum atomic E-state index is -0.969. The molecule has 3 rings (SSSR count). The van der Waals surface area contributed by atoms with Crippen molar-refractivity contribution in [2.75, 3.05) is 32.7 Å². The van der Waals surface area contributed by atoms with E-state index in [1.165, 1.54) is 11.3 Å². The largest absolute Gasteiger partial charge is 0.478 e. The van der Waals surface area contributed by atoms with Crippen LogP contribution in [0.1, 0.15) is 23.5 Å². The fourth-order valence-electron chi connectivity index (χ4n) is 3.05. The van der Waals surface area contributed by atoms with Gasteiger partial charge in [0, 0.05) is 31.2 Å². The van der Waals surface area contributed by atoms with Crippen LogP contribution in [-0.4, -0.2) is 59.8 Å². The molecular formula is C20H23ClN2O3S. The molecule has 1 aliphatic heterocycles. The summed E-state index contributed by atoms with van der Waals surface area (Å²) in [5.41, 5.74) is -0.969. The zero-order valence-corrected chi connectivity index (χ0v) is 17.1. The van der Waals surface area contributed by atoms with Crippen LogP contribution in [0.5, 0.6) is 5.75 Å². The Kier molecular flexibility index (Phi) is 6.19. The highest BCUT2D eigenvalue weighted by Gasteiger charge is 2.36. The second-order valence-corrected chi connectivity index (χ2v) is 8.42. The Labute approximate surface area is 168 Å². The predicted molar refractivity (Wildman–Crippen MR) is 108 cm³/mol. The zero-order chi connectivity index (χ0) is 19.4. The monoisotopic (exact) mass is 406 g/mol. The Balaban J connectivity index is 1.52. The first kappa shape index (κ1) is 19.9. The van der Waals surface area contributed by atoms with Crippen LogP contribution in [0.25, 0.3) is 0 Å². The molecule has 0 N–H and O–H groups in total. The molecule has 0 spiro atoms. The van der Waals surface area contributed by atoms with Crippen LogP contribution in [0, 0.1) is 0 Å². The summed E-state index contributed by atoms with van der Waals surface area (Å²) in [4.78, 5) is 29.8. The first-order valence-corrected chi connectivity index (χ1v) is 10.1. The van der Waals surface area contributed by atoms with Gasteiger partial charge in [0.05, 0.1) is 11.4 Å². The van der Waals surface area contributed by atoms with Gasteiger partial charge in [-0.3, -0.25) is 14.5 Å². The fourth-order valence-corrected chi connectivity index (χ4v) is 3.83. The Morgan fingerprint density at radius 3 is 2.37 bits per heavy atom. The molecule has 144 valence electrons. The molecule has 5 nitrogen and oxygen atoms in total. The highest BCUT2D eigenvalue weighted by atomic mass is 35.5. The number of Topliss-reactive ketones (excluding diaryl/α,β-unsaturated/α-hetero) is 1. The van der Waals surface area contributed by atoms with E-state index >= 15 is 0 Å². The number of nitrogens with zero attached hydrogens (tertiary/aromatic N) is 2. The Bertz CT molecular complexity index is 782. The summed E-state index contributed by atoms with van der Waals surface area (Å²) in [6, 6.07) is 10.7. The van der Waals surface area contributed by atoms with Crippen molar-refractivity contribution < 1.29 is 14.3 Å². The number of hydrogen-bond acceptors (Lipinski definition) is 5. The number of piperazine rings is 1. The number of rotatable bonds is 6. The Morgan fingerprint density at radius 2 is 1.78 bits per heavy atom. The van der Waals surface area contributed by atoms with Gasteiger partial charge < -0.3 is 9.64 Å². The number of ether oxygens (including phenoxy) is 1. The van der Waals surface area contributed by atoms with Crippen LogP contribution in [0.15, 0.2) is 41.8 Å². The third kappa shape index (κ3) is 5.09. The average molecular weight is 407 g/mol. The summed E-state index contributed by atoms with van der Waals surface area (Å²) < 4.78 is 5.90. The predicted octanol–water partition coefficient (Wildman–Crippen LogP) is 3.59. The van der Waals surface area contributed by atoms with Crippen molar-refractivity contribution in [3.8, 4) is 5.75 Å². The lowest BCUT2D eigenvalue weighted by atomic mass is 10.1. The number of carbonyl (C=O) groups excluding carboxylic acids is 2. The SMILES string of the molecule is CC(C)(Oc1ccc(Cl)cc1)C(=O)N1CCN(CC(=O)c2cccs2)CC1. The number of thiophene rings is 1. The highest BCUT2D eigenvalue weighted by molar-refractivity contribution is 7.12. The summed E-state index contributed by atoms with van der Waals surface area (Å²) in [5, 5.41) is 2.53. The number of halogens is 1. The Hall–Kier alpha value is -1.89. The third-order valence-corrected chi connectivity index (χ3v) is 5.69. The maximum Gasteiger partial charge on any atom is 0.266 e. The first-order chi connectivity index (χ1) is 12.8. The minimum Gasteiger partial charge on any atom is -0.478 e. The van der Waals surface area contributed by atoms with Gasteiger partial charge >= 0.3 is 0 Å². The lowest BCUT2D eigenvalue weighted by molar-refractivity contribution is -0.147. The summed E-state index contributed by atoms with van der Waals surface area (Å²) >= 11 is 7.36. The molecule has 0 saturated carbocycles. The molecule has 1 aromatic carbocycles. The van der Waals surface area contributed by atoms with Gasteiger partial charge in [-0.1, -0.05) is 17.7 Å². The van der Waals surface area contributed by atoms with E-state index in [-0.39, 0.29) is 11.7 Å². The third-order valence-electron chi connectivity index (χ3n) is 4.52. The van der Waals surface area contributed by atoms with E-state index in [9.17, 15) is 9.59 Å². The second kappa shape index (κ2) is 8.42. The molecule has 27 heavy (non-hydrogen) atoms. The molecule has 1 aromatic heterocycles. The first-order valence-electron chi connectivity index (χ1n) is 8.88. The van der Waals surface area contributed by atoms with E-state index in [0.29, 0.717) is 43.5 Å². The molecular weight excluding hydrogens is 384 g/mol. The van der Waals surface area contributed by atoms with E-state index in [1.54, 1.807) is 38.1 Å². The topological polar surface area (TPSA) is 49.9 Å². The lowest BCUT2D eigenvalue weighted by Crippen LogP contribution is -2.56. The van der Waals surface area contributed by atoms with Gasteiger partial charge in [0.1, 0.15) is 5.75 Å². The number of benzene rings is 1. The van der Waals surface area contributed by atoms with E-state index in [1.807, 2.05) is 22.4 Å². The molecule has 2 heterocycles. The summed E-state index contributed by atoms with van der Waals surface area (Å²) in [6.45, 7) is 6.48. The van der Waals surface area contributed by atoms with Crippen LogP contribution in [0.2, 0.25) is 5.02 Å². The van der Waals surface area contributed by atoms with Crippen molar-refractivity contribution in [2.45, 2.75) is 19.4 Å². The van der Waals surface area contributed by atoms with Crippen molar-refractivity contribution in [1.82, 2.24) is 9.80 Å². The van der Waals surface area contributed by atoms with Crippen LogP contribution >= 0.6 is 22.9 Å². The smallest absolute Gasteiger partial charge is 0.266 e. The van der Waals surface area contributed by atoms with Crippen LogP contribution in [-0.2, 0) is 4.79 Å². The van der Waals surface area contributed by atoms with Crippen LogP contribution < -0.4 is 4.74 Å². The maximum absolute atomic E-state index is 12.9. The van der Waals surface area contributed by atoms with E-state index < -0.39 is 5.60 Å². The summed E-state index contributed by atoms with van der Waals surface area (Å²) in [5.74, 6) is 0.691. The van der Waals surface area contributed by atoms with Crippen molar-refractivity contribution >= 4 is 34.6 Å². The van der Waals surface area contributed by atoms with Crippen molar-refractivity contribution in [3.05, 3.63) is 51.7 Å². The van der Waals surface area contributed by atoms with E-state index in [4.69, 9.17) is 16.3 Å². The minimum absolute atomic E-state index is 0.0540. The van der Waals surface area contributed by atoms with Gasteiger partial charge in [-0.25, -0.2) is 0 Å². The second-order valence-electron chi connectivity index (χ2n) is 7.04. The van der Waals surface area contributed by atoms with E-state index in [2.05, 4.69) is 4.90 Å². The highest BCUT2D eigenvalue weighted by Crippen LogP contribution is 2.23. The summed E-state index contributed by atoms with van der Waals surface area (Å²) in [7, 11) is 0. The lowest BCUT2D eigenvalue weighted by Gasteiger charge is -2.38.